The van der Waals surface area contributed by atoms with Crippen molar-refractivity contribution >= 4 is 0 Å². The highest BCUT2D eigenvalue weighted by molar-refractivity contribution is 5.07. The lowest BCUT2D eigenvalue weighted by Gasteiger charge is -2.62. The average Bonchev–Trinajstić information content (AvgIpc) is 3.21. The van der Waals surface area contributed by atoms with E-state index < -0.39 is 0 Å². The second-order valence-corrected chi connectivity index (χ2v) is 23.5. The van der Waals surface area contributed by atoms with Crippen molar-refractivity contribution in [3.63, 3.8) is 0 Å². The Bertz CT molecular complexity index is 1160. The molecule has 0 saturated heterocycles. The van der Waals surface area contributed by atoms with Crippen molar-refractivity contribution in [3.8, 4) is 0 Å². The van der Waals surface area contributed by atoms with Gasteiger partial charge in [-0.2, -0.15) is 0 Å². The summed E-state index contributed by atoms with van der Waals surface area (Å²) in [5.41, 5.74) is 0. The van der Waals surface area contributed by atoms with Gasteiger partial charge in [0.15, 0.2) is 0 Å². The molecule has 52 heavy (non-hydrogen) atoms. The van der Waals surface area contributed by atoms with Crippen molar-refractivity contribution in [2.24, 2.45) is 118 Å². The molecule has 292 valence electrons. The molecule has 11 rings (SSSR count). The number of hydrogen-bond donors (Lipinski definition) is 0. The van der Waals surface area contributed by atoms with Gasteiger partial charge in [-0.25, -0.2) is 0 Å². The van der Waals surface area contributed by atoms with Crippen molar-refractivity contribution in [1.29, 1.82) is 0 Å². The Balaban J connectivity index is 0.762. The van der Waals surface area contributed by atoms with Gasteiger partial charge in [-0.1, -0.05) is 77.0 Å². The fraction of sp³-hybridized carbons (Fsp3) is 1.00. The van der Waals surface area contributed by atoms with Gasteiger partial charge in [0.2, 0.25) is 0 Å². The summed E-state index contributed by atoms with van der Waals surface area (Å²) < 4.78 is 0. The van der Waals surface area contributed by atoms with E-state index in [-0.39, 0.29) is 0 Å². The van der Waals surface area contributed by atoms with Crippen LogP contribution in [0.15, 0.2) is 0 Å². The molecule has 0 aromatic carbocycles. The first-order chi connectivity index (χ1) is 25.8. The molecular weight excluding hydrogens is 625 g/mol. The summed E-state index contributed by atoms with van der Waals surface area (Å²) in [4.78, 5) is 0. The highest BCUT2D eigenvalue weighted by Gasteiger charge is 2.58. The van der Waals surface area contributed by atoms with Gasteiger partial charge < -0.3 is 0 Å². The minimum absolute atomic E-state index is 1.11. The molecule has 0 heterocycles. The molecule has 0 nitrogen and oxygen atoms in total. The molecule has 11 saturated carbocycles. The summed E-state index contributed by atoms with van der Waals surface area (Å²) in [5.74, 6) is 22.8. The standard InChI is InChI=1S/C52H84/c1-2-13-40-33(11-1)12-9-20-41(40)34-23-25-35(26-24-34)50-46-16-5-7-18-48(46)51(49-19-8-6-17-47(49)50)39-30-28-36-31-38(29-27-37(36)32-39)42-21-10-22-45-43-14-3-4-15-44(43)52(42)45/h33-52H,1-32H2. The molecule has 0 amide bonds. The molecule has 0 radical (unpaired) electrons. The fourth-order valence-corrected chi connectivity index (χ4v) is 20.6. The maximum atomic E-state index is 1.69. The van der Waals surface area contributed by atoms with Crippen molar-refractivity contribution in [1.82, 2.24) is 0 Å². The molecule has 16 atom stereocenters. The van der Waals surface area contributed by atoms with Gasteiger partial charge in [-0.05, 0) is 247 Å². The molecule has 11 fully saturated rings. The molecule has 0 bridgehead atoms. The summed E-state index contributed by atoms with van der Waals surface area (Å²) in [6.07, 6.45) is 51.8. The Morgan fingerprint density at radius 1 is 0.154 bits per heavy atom. The first kappa shape index (κ1) is 35.2. The van der Waals surface area contributed by atoms with E-state index in [1.165, 1.54) is 23.7 Å². The van der Waals surface area contributed by atoms with Crippen LogP contribution in [-0.4, -0.2) is 0 Å². The van der Waals surface area contributed by atoms with Crippen molar-refractivity contribution in [2.45, 2.75) is 205 Å². The molecule has 0 aromatic rings. The van der Waals surface area contributed by atoms with Crippen LogP contribution in [0.5, 0.6) is 0 Å². The van der Waals surface area contributed by atoms with Crippen LogP contribution >= 0.6 is 0 Å². The Hall–Kier alpha value is 0. The molecule has 0 heteroatoms. The van der Waals surface area contributed by atoms with Crippen LogP contribution in [0.2, 0.25) is 0 Å². The Kier molecular flexibility index (Phi) is 10.2. The number of fused-ring (bicyclic) bond motifs is 8. The fourth-order valence-electron chi connectivity index (χ4n) is 20.6. The zero-order chi connectivity index (χ0) is 34.2. The second kappa shape index (κ2) is 15.1. The number of rotatable bonds is 4. The minimum atomic E-state index is 1.11. The highest BCUT2D eigenvalue weighted by atomic mass is 14.6. The Labute approximate surface area is 322 Å². The summed E-state index contributed by atoms with van der Waals surface area (Å²) >= 11 is 0. The highest BCUT2D eigenvalue weighted by Crippen LogP contribution is 2.66. The molecule has 0 aromatic heterocycles. The molecular formula is C52H84. The smallest absolute Gasteiger partial charge is 0.0321 e. The minimum Gasteiger partial charge on any atom is -0.0530 e. The van der Waals surface area contributed by atoms with Crippen molar-refractivity contribution < 1.29 is 0 Å². The zero-order valence-electron chi connectivity index (χ0n) is 34.2. The summed E-state index contributed by atoms with van der Waals surface area (Å²) in [6, 6.07) is 0. The molecule has 11 aliphatic carbocycles. The largest absolute Gasteiger partial charge is 0.0530 e. The molecule has 0 spiro atoms. The third-order valence-corrected chi connectivity index (χ3v) is 22.2. The van der Waals surface area contributed by atoms with Crippen LogP contribution < -0.4 is 0 Å². The van der Waals surface area contributed by atoms with Gasteiger partial charge in [0, 0.05) is 0 Å². The van der Waals surface area contributed by atoms with Gasteiger partial charge in [0.25, 0.3) is 0 Å². The van der Waals surface area contributed by atoms with Crippen molar-refractivity contribution in [3.05, 3.63) is 0 Å². The third kappa shape index (κ3) is 6.12. The summed E-state index contributed by atoms with van der Waals surface area (Å²) in [5, 5.41) is 0. The van der Waals surface area contributed by atoms with E-state index in [1.54, 1.807) is 205 Å². The third-order valence-electron chi connectivity index (χ3n) is 22.2. The van der Waals surface area contributed by atoms with Gasteiger partial charge in [-0.3, -0.25) is 0 Å². The maximum absolute atomic E-state index is 1.69. The van der Waals surface area contributed by atoms with E-state index >= 15 is 0 Å². The van der Waals surface area contributed by atoms with E-state index in [0.29, 0.717) is 0 Å². The molecule has 0 aliphatic heterocycles. The molecule has 11 aliphatic rings. The van der Waals surface area contributed by atoms with E-state index in [2.05, 4.69) is 0 Å². The molecule has 16 unspecified atom stereocenters. The summed E-state index contributed by atoms with van der Waals surface area (Å²) in [7, 11) is 0. The Morgan fingerprint density at radius 3 is 1.12 bits per heavy atom. The van der Waals surface area contributed by atoms with E-state index in [4.69, 9.17) is 0 Å². The van der Waals surface area contributed by atoms with Crippen molar-refractivity contribution in [2.75, 3.05) is 0 Å². The first-order valence-electron chi connectivity index (χ1n) is 25.8. The van der Waals surface area contributed by atoms with Gasteiger partial charge in [0.05, 0.1) is 0 Å². The van der Waals surface area contributed by atoms with Crippen LogP contribution in [0, 0.1) is 118 Å². The van der Waals surface area contributed by atoms with E-state index in [0.717, 1.165) is 94.7 Å². The lowest BCUT2D eigenvalue weighted by Crippen LogP contribution is -2.55. The average molecular weight is 709 g/mol. The summed E-state index contributed by atoms with van der Waals surface area (Å²) in [6.45, 7) is 0. The quantitative estimate of drug-likeness (QED) is 0.273. The number of hydrogen-bond acceptors (Lipinski definition) is 0. The zero-order valence-corrected chi connectivity index (χ0v) is 34.2. The lowest BCUT2D eigenvalue weighted by atomic mass is 9.42. The normalized spacial score (nSPS) is 56.3. The van der Waals surface area contributed by atoms with Crippen LogP contribution in [-0.2, 0) is 0 Å². The van der Waals surface area contributed by atoms with Gasteiger partial charge in [-0.15, -0.1) is 0 Å². The Morgan fingerprint density at radius 2 is 0.481 bits per heavy atom. The van der Waals surface area contributed by atoms with Crippen LogP contribution in [0.1, 0.15) is 205 Å². The van der Waals surface area contributed by atoms with E-state index in [1.807, 2.05) is 0 Å². The monoisotopic (exact) mass is 709 g/mol. The maximum Gasteiger partial charge on any atom is -0.0321 e. The van der Waals surface area contributed by atoms with Gasteiger partial charge >= 0.3 is 0 Å². The van der Waals surface area contributed by atoms with E-state index in [9.17, 15) is 0 Å². The predicted octanol–water partition coefficient (Wildman–Crippen LogP) is 14.9. The lowest BCUT2D eigenvalue weighted by molar-refractivity contribution is -0.137. The van der Waals surface area contributed by atoms with Crippen LogP contribution in [0.4, 0.5) is 0 Å². The first-order valence-corrected chi connectivity index (χ1v) is 25.8. The predicted molar refractivity (Wildman–Crippen MR) is 218 cm³/mol. The second-order valence-electron chi connectivity index (χ2n) is 23.5. The van der Waals surface area contributed by atoms with Crippen LogP contribution in [0.25, 0.3) is 0 Å². The molecule has 0 N–H and O–H groups in total. The van der Waals surface area contributed by atoms with Gasteiger partial charge in [0.1, 0.15) is 0 Å². The topological polar surface area (TPSA) is 0 Å². The SMILES string of the molecule is C1CCC2C(C1)CCCC2C1CCC(C2C3CCCCC3C(C3CCC4CC(C5CCCC6C7CCCCC7C56)CCC4C3)C3CCCCC32)CC1. The van der Waals surface area contributed by atoms with Crippen LogP contribution in [0.3, 0.4) is 0 Å².